The highest BCUT2D eigenvalue weighted by molar-refractivity contribution is 6.35. The lowest BCUT2D eigenvalue weighted by Crippen LogP contribution is -2.48. The van der Waals surface area contributed by atoms with Crippen molar-refractivity contribution in [3.63, 3.8) is 0 Å². The number of amides is 2. The van der Waals surface area contributed by atoms with E-state index in [1.165, 1.54) is 0 Å². The molecule has 0 fully saturated rings. The van der Waals surface area contributed by atoms with Crippen molar-refractivity contribution in [2.75, 3.05) is 7.05 Å². The first-order valence-corrected chi connectivity index (χ1v) is 9.20. The van der Waals surface area contributed by atoms with Gasteiger partial charge in [0.1, 0.15) is 6.04 Å². The van der Waals surface area contributed by atoms with E-state index in [1.807, 2.05) is 37.3 Å². The van der Waals surface area contributed by atoms with Gasteiger partial charge in [0.2, 0.25) is 11.8 Å². The Kier molecular flexibility index (Phi) is 7.49. The van der Waals surface area contributed by atoms with Crippen LogP contribution in [0.4, 0.5) is 0 Å². The number of carbonyl (C=O) groups excluding carboxylic acids is 2. The van der Waals surface area contributed by atoms with Crippen molar-refractivity contribution in [1.29, 1.82) is 0 Å². The van der Waals surface area contributed by atoms with Crippen molar-refractivity contribution in [2.24, 2.45) is 0 Å². The lowest BCUT2D eigenvalue weighted by Gasteiger charge is -2.30. The molecule has 0 aliphatic heterocycles. The number of halogens is 2. The molecule has 0 saturated heterocycles. The van der Waals surface area contributed by atoms with Gasteiger partial charge in [-0.3, -0.25) is 9.59 Å². The van der Waals surface area contributed by atoms with Crippen LogP contribution in [0.5, 0.6) is 0 Å². The van der Waals surface area contributed by atoms with Crippen molar-refractivity contribution in [3.05, 3.63) is 69.7 Å². The summed E-state index contributed by atoms with van der Waals surface area (Å²) in [6.45, 7) is 2.25. The first-order valence-electron chi connectivity index (χ1n) is 8.45. The van der Waals surface area contributed by atoms with Crippen molar-refractivity contribution in [3.8, 4) is 0 Å². The summed E-state index contributed by atoms with van der Waals surface area (Å²) in [5.41, 5.74) is 1.65. The van der Waals surface area contributed by atoms with Crippen LogP contribution in [0.15, 0.2) is 48.5 Å². The standard InChI is InChI=1S/C20H22Cl2N2O2/c1-3-18(20(26)23-2)24(13-14-7-5-4-6-8-14)19(25)11-15-9-10-16(21)12-17(15)22/h4-10,12,18H,3,11,13H2,1-2H3,(H,23,26)/t18-/m1/s1. The van der Waals surface area contributed by atoms with E-state index in [0.29, 0.717) is 28.6 Å². The molecule has 0 spiro atoms. The summed E-state index contributed by atoms with van der Waals surface area (Å²) >= 11 is 12.1. The Balaban J connectivity index is 2.28. The van der Waals surface area contributed by atoms with Gasteiger partial charge in [0.05, 0.1) is 6.42 Å². The molecule has 1 atom stereocenters. The molecule has 2 aromatic carbocycles. The molecule has 6 heteroatoms. The molecular formula is C20H22Cl2N2O2. The van der Waals surface area contributed by atoms with Gasteiger partial charge in [-0.1, -0.05) is 66.5 Å². The minimum absolute atomic E-state index is 0.107. The van der Waals surface area contributed by atoms with Gasteiger partial charge < -0.3 is 10.2 Å². The second-order valence-electron chi connectivity index (χ2n) is 5.96. The first kappa shape index (κ1) is 20.3. The third kappa shape index (κ3) is 5.23. The van der Waals surface area contributed by atoms with Crippen LogP contribution in [0.3, 0.4) is 0 Å². The van der Waals surface area contributed by atoms with E-state index in [-0.39, 0.29) is 18.2 Å². The molecule has 0 aliphatic carbocycles. The zero-order valence-corrected chi connectivity index (χ0v) is 16.3. The fourth-order valence-corrected chi connectivity index (χ4v) is 3.27. The normalized spacial score (nSPS) is 11.7. The Hall–Kier alpha value is -2.04. The highest BCUT2D eigenvalue weighted by atomic mass is 35.5. The summed E-state index contributed by atoms with van der Waals surface area (Å²) in [5, 5.41) is 3.60. The lowest BCUT2D eigenvalue weighted by atomic mass is 10.1. The summed E-state index contributed by atoms with van der Waals surface area (Å²) in [6.07, 6.45) is 0.628. The van der Waals surface area contributed by atoms with Gasteiger partial charge in [-0.25, -0.2) is 0 Å². The molecule has 0 bridgehead atoms. The summed E-state index contributed by atoms with van der Waals surface area (Å²) in [5.74, 6) is -0.340. The summed E-state index contributed by atoms with van der Waals surface area (Å²) in [6, 6.07) is 14.1. The Bertz CT molecular complexity index is 766. The number of nitrogens with zero attached hydrogens (tertiary/aromatic N) is 1. The second-order valence-corrected chi connectivity index (χ2v) is 6.80. The number of nitrogens with one attached hydrogen (secondary N) is 1. The largest absolute Gasteiger partial charge is 0.357 e. The smallest absolute Gasteiger partial charge is 0.242 e. The summed E-state index contributed by atoms with van der Waals surface area (Å²) in [4.78, 5) is 26.9. The van der Waals surface area contributed by atoms with Gasteiger partial charge in [0, 0.05) is 23.6 Å². The Labute approximate surface area is 164 Å². The SMILES string of the molecule is CC[C@H](C(=O)NC)N(Cc1ccccc1)C(=O)Cc1ccc(Cl)cc1Cl. The van der Waals surface area contributed by atoms with E-state index < -0.39 is 6.04 Å². The van der Waals surface area contributed by atoms with Gasteiger partial charge in [-0.05, 0) is 29.7 Å². The van der Waals surface area contributed by atoms with Crippen molar-refractivity contribution < 1.29 is 9.59 Å². The van der Waals surface area contributed by atoms with Crippen molar-refractivity contribution >= 4 is 35.0 Å². The number of hydrogen-bond donors (Lipinski definition) is 1. The zero-order chi connectivity index (χ0) is 19.1. The minimum atomic E-state index is -0.543. The number of hydrogen-bond acceptors (Lipinski definition) is 2. The van der Waals surface area contributed by atoms with Crippen LogP contribution in [-0.4, -0.2) is 29.8 Å². The fourth-order valence-electron chi connectivity index (χ4n) is 2.80. The number of carbonyl (C=O) groups is 2. The predicted molar refractivity (Wildman–Crippen MR) is 105 cm³/mol. The molecule has 2 aromatic rings. The maximum atomic E-state index is 13.0. The van der Waals surface area contributed by atoms with Crippen LogP contribution in [0.2, 0.25) is 10.0 Å². The van der Waals surface area contributed by atoms with Gasteiger partial charge in [0.25, 0.3) is 0 Å². The van der Waals surface area contributed by atoms with E-state index in [1.54, 1.807) is 30.1 Å². The highest BCUT2D eigenvalue weighted by Gasteiger charge is 2.28. The molecule has 4 nitrogen and oxygen atoms in total. The molecule has 0 radical (unpaired) electrons. The molecule has 0 aromatic heterocycles. The van der Waals surface area contributed by atoms with Crippen LogP contribution in [0.25, 0.3) is 0 Å². The fraction of sp³-hybridized carbons (Fsp3) is 0.300. The average Bonchev–Trinajstić information content (AvgIpc) is 2.64. The molecular weight excluding hydrogens is 371 g/mol. The quantitative estimate of drug-likeness (QED) is 0.771. The van der Waals surface area contributed by atoms with Crippen LogP contribution in [0.1, 0.15) is 24.5 Å². The first-order chi connectivity index (χ1) is 12.5. The zero-order valence-electron chi connectivity index (χ0n) is 14.8. The lowest BCUT2D eigenvalue weighted by molar-refractivity contribution is -0.140. The van der Waals surface area contributed by atoms with Gasteiger partial charge in [0.15, 0.2) is 0 Å². The van der Waals surface area contributed by atoms with E-state index in [0.717, 1.165) is 5.56 Å². The number of rotatable bonds is 7. The van der Waals surface area contributed by atoms with E-state index in [9.17, 15) is 9.59 Å². The predicted octanol–water partition coefficient (Wildman–Crippen LogP) is 4.09. The van der Waals surface area contributed by atoms with Gasteiger partial charge in [-0.15, -0.1) is 0 Å². The number of benzene rings is 2. The molecule has 0 saturated carbocycles. The van der Waals surface area contributed by atoms with E-state index in [2.05, 4.69) is 5.32 Å². The molecule has 2 rings (SSSR count). The minimum Gasteiger partial charge on any atom is -0.357 e. The molecule has 0 unspecified atom stereocenters. The van der Waals surface area contributed by atoms with Crippen molar-refractivity contribution in [2.45, 2.75) is 32.4 Å². The van der Waals surface area contributed by atoms with E-state index in [4.69, 9.17) is 23.2 Å². The third-order valence-corrected chi connectivity index (χ3v) is 4.77. The molecule has 0 aliphatic rings. The topological polar surface area (TPSA) is 49.4 Å². The van der Waals surface area contributed by atoms with Crippen molar-refractivity contribution in [1.82, 2.24) is 10.2 Å². The van der Waals surface area contributed by atoms with Crippen LogP contribution in [-0.2, 0) is 22.6 Å². The molecule has 1 N–H and O–H groups in total. The Morgan fingerprint density at radius 1 is 1.12 bits per heavy atom. The second kappa shape index (κ2) is 9.60. The van der Waals surface area contributed by atoms with Gasteiger partial charge >= 0.3 is 0 Å². The monoisotopic (exact) mass is 392 g/mol. The van der Waals surface area contributed by atoms with Crippen LogP contribution in [0, 0.1) is 0 Å². The maximum absolute atomic E-state index is 13.0. The Morgan fingerprint density at radius 3 is 2.38 bits per heavy atom. The summed E-state index contributed by atoms with van der Waals surface area (Å²) < 4.78 is 0. The Morgan fingerprint density at radius 2 is 1.81 bits per heavy atom. The molecule has 138 valence electrons. The van der Waals surface area contributed by atoms with E-state index >= 15 is 0 Å². The van der Waals surface area contributed by atoms with Crippen LogP contribution < -0.4 is 5.32 Å². The third-order valence-electron chi connectivity index (χ3n) is 4.18. The van der Waals surface area contributed by atoms with Crippen LogP contribution >= 0.6 is 23.2 Å². The average molecular weight is 393 g/mol. The molecule has 0 heterocycles. The summed E-state index contributed by atoms with van der Waals surface area (Å²) in [7, 11) is 1.58. The molecule has 2 amide bonds. The number of likely N-dealkylation sites (N-methyl/N-ethyl adjacent to an activating group) is 1. The molecule has 26 heavy (non-hydrogen) atoms. The van der Waals surface area contributed by atoms with Gasteiger partial charge in [-0.2, -0.15) is 0 Å². The highest BCUT2D eigenvalue weighted by Crippen LogP contribution is 2.23. The maximum Gasteiger partial charge on any atom is 0.242 e.